The SMILES string of the molecule is CCCCCCCCCCCC(O)CC(=O)OCCNc1n[n+]([O-])c2cc(C(F)(F)F)ccc2[n+]1[O-]. The summed E-state index contributed by atoms with van der Waals surface area (Å²) in [5.41, 5.74) is -1.90. The molecule has 2 N–H and O–H groups in total. The van der Waals surface area contributed by atoms with Gasteiger partial charge in [-0.05, 0) is 18.6 Å². The molecule has 36 heavy (non-hydrogen) atoms. The van der Waals surface area contributed by atoms with E-state index in [1.165, 1.54) is 38.5 Å². The summed E-state index contributed by atoms with van der Waals surface area (Å²) >= 11 is 0. The van der Waals surface area contributed by atoms with E-state index < -0.39 is 35.3 Å². The summed E-state index contributed by atoms with van der Waals surface area (Å²) in [6.45, 7) is 1.97. The highest BCUT2D eigenvalue weighted by Crippen LogP contribution is 2.30. The third-order valence-corrected chi connectivity index (χ3v) is 5.80. The van der Waals surface area contributed by atoms with Crippen LogP contribution in [0.2, 0.25) is 0 Å². The predicted molar refractivity (Wildman–Crippen MR) is 127 cm³/mol. The van der Waals surface area contributed by atoms with E-state index in [2.05, 4.69) is 17.3 Å². The summed E-state index contributed by atoms with van der Waals surface area (Å²) in [5.74, 6) is -1.04. The minimum atomic E-state index is -4.67. The van der Waals surface area contributed by atoms with Crippen LogP contribution in [0.1, 0.15) is 83.1 Å². The molecule has 0 aliphatic rings. The number of hydrogen-bond acceptors (Lipinski definition) is 7. The standard InChI is InChI=1S/C24H35F3N4O5/c1-2-3-4-5-6-7-8-9-10-11-19(32)17-22(33)36-15-14-28-23-29-31(35)21-16-18(24(25,26)27)12-13-20(21)30(23)34/h12-13,16,19,32H,2-11,14-15,17H2,1H3,(H,28,29). The van der Waals surface area contributed by atoms with Gasteiger partial charge >= 0.3 is 18.1 Å². The van der Waals surface area contributed by atoms with Crippen molar-refractivity contribution in [2.75, 3.05) is 18.5 Å². The van der Waals surface area contributed by atoms with Gasteiger partial charge in [-0.2, -0.15) is 13.2 Å². The summed E-state index contributed by atoms with van der Waals surface area (Å²) in [6, 6.07) is 2.14. The van der Waals surface area contributed by atoms with Crippen molar-refractivity contribution in [1.29, 1.82) is 0 Å². The number of nitrogens with one attached hydrogen (secondary N) is 1. The lowest BCUT2D eigenvalue weighted by molar-refractivity contribution is -0.672. The molecule has 1 aromatic carbocycles. The van der Waals surface area contributed by atoms with Gasteiger partial charge in [0.1, 0.15) is 6.61 Å². The van der Waals surface area contributed by atoms with E-state index in [4.69, 9.17) is 4.74 Å². The normalized spacial score (nSPS) is 12.6. The number of carbonyl (C=O) groups is 1. The number of benzene rings is 1. The van der Waals surface area contributed by atoms with Crippen molar-refractivity contribution in [3.63, 3.8) is 0 Å². The summed E-state index contributed by atoms with van der Waals surface area (Å²) in [5, 5.41) is 40.3. The molecule has 0 spiro atoms. The van der Waals surface area contributed by atoms with E-state index in [1.807, 2.05) is 0 Å². The number of esters is 1. The first-order valence-electron chi connectivity index (χ1n) is 12.5. The van der Waals surface area contributed by atoms with Gasteiger partial charge in [0.05, 0.1) is 24.6 Å². The molecule has 0 aliphatic heterocycles. The van der Waals surface area contributed by atoms with Gasteiger partial charge in [-0.15, -0.1) is 0 Å². The van der Waals surface area contributed by atoms with Crippen LogP contribution in [0.4, 0.5) is 19.1 Å². The van der Waals surface area contributed by atoms with Crippen LogP contribution in [0.3, 0.4) is 0 Å². The molecular formula is C24H35F3N4O5. The van der Waals surface area contributed by atoms with Gasteiger partial charge in [0.15, 0.2) is 5.52 Å². The number of rotatable bonds is 16. The highest BCUT2D eigenvalue weighted by molar-refractivity contribution is 5.70. The van der Waals surface area contributed by atoms with Gasteiger partial charge in [0, 0.05) is 10.9 Å². The topological polar surface area (TPSA) is 125 Å². The Morgan fingerprint density at radius 2 is 1.72 bits per heavy atom. The highest BCUT2D eigenvalue weighted by atomic mass is 19.4. The first kappa shape index (κ1) is 29.3. The zero-order valence-electron chi connectivity index (χ0n) is 20.6. The monoisotopic (exact) mass is 516 g/mol. The van der Waals surface area contributed by atoms with Crippen LogP contribution in [0.5, 0.6) is 0 Å². The zero-order valence-corrected chi connectivity index (χ0v) is 20.6. The van der Waals surface area contributed by atoms with E-state index in [9.17, 15) is 33.5 Å². The highest BCUT2D eigenvalue weighted by Gasteiger charge is 2.33. The number of carbonyl (C=O) groups excluding carboxylic acids is 1. The second kappa shape index (κ2) is 14.6. The van der Waals surface area contributed by atoms with E-state index in [1.54, 1.807) is 0 Å². The van der Waals surface area contributed by atoms with Crippen molar-refractivity contribution in [3.05, 3.63) is 34.2 Å². The van der Waals surface area contributed by atoms with E-state index in [0.717, 1.165) is 25.3 Å². The van der Waals surface area contributed by atoms with Gasteiger partial charge in [-0.3, -0.25) is 10.1 Å². The van der Waals surface area contributed by atoms with Crippen molar-refractivity contribution >= 4 is 23.0 Å². The van der Waals surface area contributed by atoms with Crippen LogP contribution in [0.15, 0.2) is 18.2 Å². The molecule has 0 aliphatic carbocycles. The molecule has 0 saturated heterocycles. The molecule has 0 saturated carbocycles. The molecule has 0 radical (unpaired) electrons. The molecule has 12 heteroatoms. The zero-order chi connectivity index (χ0) is 26.6. The Bertz CT molecular complexity index is 975. The van der Waals surface area contributed by atoms with Gasteiger partial charge in [0.25, 0.3) is 5.52 Å². The number of aliphatic hydroxyl groups excluding tert-OH is 1. The van der Waals surface area contributed by atoms with Crippen LogP contribution in [-0.2, 0) is 15.7 Å². The third-order valence-electron chi connectivity index (χ3n) is 5.80. The van der Waals surface area contributed by atoms with Gasteiger partial charge in [-0.25, -0.2) is 4.73 Å². The average molecular weight is 517 g/mol. The lowest BCUT2D eigenvalue weighted by Crippen LogP contribution is -2.44. The summed E-state index contributed by atoms with van der Waals surface area (Å²) < 4.78 is 43.7. The van der Waals surface area contributed by atoms with Crippen LogP contribution in [0, 0.1) is 10.4 Å². The first-order chi connectivity index (χ1) is 17.1. The van der Waals surface area contributed by atoms with Crippen molar-refractivity contribution in [2.45, 2.75) is 89.8 Å². The molecule has 202 valence electrons. The smallest absolute Gasteiger partial charge is 0.461 e. The van der Waals surface area contributed by atoms with Crippen LogP contribution in [-0.4, -0.2) is 35.4 Å². The van der Waals surface area contributed by atoms with Gasteiger partial charge in [0.2, 0.25) is 5.10 Å². The number of halogens is 3. The Morgan fingerprint density at radius 3 is 2.36 bits per heavy atom. The lowest BCUT2D eigenvalue weighted by Gasteiger charge is -2.12. The molecule has 9 nitrogen and oxygen atoms in total. The maximum atomic E-state index is 12.8. The molecule has 0 bridgehead atoms. The molecule has 1 atom stereocenters. The molecule has 0 amide bonds. The van der Waals surface area contributed by atoms with E-state index in [-0.39, 0.29) is 34.7 Å². The quantitative estimate of drug-likeness (QED) is 0.149. The fraction of sp³-hybridized carbons (Fsp3) is 0.667. The fourth-order valence-electron chi connectivity index (χ4n) is 3.80. The van der Waals surface area contributed by atoms with E-state index in [0.29, 0.717) is 18.6 Å². The maximum absolute atomic E-state index is 12.8. The van der Waals surface area contributed by atoms with Crippen LogP contribution < -0.4 is 14.9 Å². The largest absolute Gasteiger partial charge is 0.739 e. The lowest BCUT2D eigenvalue weighted by atomic mass is 10.0. The number of aromatic nitrogens is 3. The molecule has 2 aromatic rings. The van der Waals surface area contributed by atoms with Crippen molar-refractivity contribution in [2.24, 2.45) is 0 Å². The predicted octanol–water partition coefficient (Wildman–Crippen LogP) is 4.15. The number of nitrogens with zero attached hydrogens (tertiary/aromatic N) is 3. The molecule has 1 heterocycles. The number of fused-ring (bicyclic) bond motifs is 1. The maximum Gasteiger partial charge on any atom is 0.461 e. The Morgan fingerprint density at radius 1 is 1.08 bits per heavy atom. The van der Waals surface area contributed by atoms with Gasteiger partial charge in [-0.1, -0.05) is 64.7 Å². The van der Waals surface area contributed by atoms with Crippen molar-refractivity contribution < 1.29 is 37.4 Å². The van der Waals surface area contributed by atoms with Gasteiger partial charge < -0.3 is 20.3 Å². The summed E-state index contributed by atoms with van der Waals surface area (Å²) in [7, 11) is 0. The number of hydrogen-bond donors (Lipinski definition) is 2. The van der Waals surface area contributed by atoms with Crippen LogP contribution in [0.25, 0.3) is 11.0 Å². The number of unbranched alkanes of at least 4 members (excludes halogenated alkanes) is 8. The molecule has 2 rings (SSSR count). The Balaban J connectivity index is 1.68. The number of alkyl halides is 3. The number of anilines is 1. The molecule has 0 fully saturated rings. The molecule has 1 aromatic heterocycles. The minimum absolute atomic E-state index is 0.0680. The summed E-state index contributed by atoms with van der Waals surface area (Å²) in [6.07, 6.45) is 5.36. The summed E-state index contributed by atoms with van der Waals surface area (Å²) in [4.78, 5) is 11.8. The minimum Gasteiger partial charge on any atom is -0.739 e. The molecule has 1 unspecified atom stereocenters. The first-order valence-corrected chi connectivity index (χ1v) is 12.5. The second-order valence-electron chi connectivity index (χ2n) is 8.81. The second-order valence-corrected chi connectivity index (χ2v) is 8.81. The number of aliphatic hydroxyl groups is 1. The third kappa shape index (κ3) is 9.63. The van der Waals surface area contributed by atoms with Crippen molar-refractivity contribution in [3.8, 4) is 0 Å². The average Bonchev–Trinajstić information content (AvgIpc) is 2.82. The number of ether oxygens (including phenoxy) is 1. The van der Waals surface area contributed by atoms with Crippen LogP contribution >= 0.6 is 0 Å². The Hall–Kier alpha value is -2.89. The Kier molecular flexibility index (Phi) is 11.9. The fourth-order valence-corrected chi connectivity index (χ4v) is 3.80. The molecular weight excluding hydrogens is 481 g/mol. The van der Waals surface area contributed by atoms with E-state index >= 15 is 0 Å². The Labute approximate surface area is 208 Å². The van der Waals surface area contributed by atoms with Crippen molar-refractivity contribution in [1.82, 2.24) is 5.10 Å².